The first-order valence-electron chi connectivity index (χ1n) is 11.6. The molecule has 0 saturated heterocycles. The molecule has 4 rings (SSSR count). The van der Waals surface area contributed by atoms with Gasteiger partial charge in [-0.15, -0.1) is 0 Å². The Kier molecular flexibility index (Phi) is 7.45. The average molecular weight is 508 g/mol. The third-order valence-corrected chi connectivity index (χ3v) is 7.60. The van der Waals surface area contributed by atoms with E-state index in [1.165, 1.54) is 0 Å². The molecule has 2 N–H and O–H groups in total. The largest absolute Gasteiger partial charge is 0.484 e. The molecule has 9 heteroatoms. The van der Waals surface area contributed by atoms with Gasteiger partial charge >= 0.3 is 0 Å². The van der Waals surface area contributed by atoms with Crippen molar-refractivity contribution < 1.29 is 14.3 Å². The quantitative estimate of drug-likeness (QED) is 0.622. The van der Waals surface area contributed by atoms with Gasteiger partial charge in [0, 0.05) is 22.9 Å². The molecular formula is C25H31Cl2N3O4. The van der Waals surface area contributed by atoms with Gasteiger partial charge in [-0.2, -0.15) is 0 Å². The van der Waals surface area contributed by atoms with Crippen LogP contribution in [0.2, 0.25) is 10.0 Å². The fourth-order valence-electron chi connectivity index (χ4n) is 4.89. The van der Waals surface area contributed by atoms with Crippen molar-refractivity contribution in [3.05, 3.63) is 54.9 Å². The van der Waals surface area contributed by atoms with E-state index in [1.807, 2.05) is 6.92 Å². The number of hydrogen-bond acceptors (Lipinski definition) is 5. The van der Waals surface area contributed by atoms with Crippen LogP contribution in [-0.4, -0.2) is 48.6 Å². The van der Waals surface area contributed by atoms with Gasteiger partial charge in [0.15, 0.2) is 11.5 Å². The van der Waals surface area contributed by atoms with Crippen LogP contribution in [0, 0.1) is 19.8 Å². The van der Waals surface area contributed by atoms with E-state index in [9.17, 15) is 9.59 Å². The van der Waals surface area contributed by atoms with Crippen LogP contribution in [0.3, 0.4) is 0 Å². The van der Waals surface area contributed by atoms with Crippen LogP contribution in [0.1, 0.15) is 52.9 Å². The van der Waals surface area contributed by atoms with Gasteiger partial charge in [-0.1, -0.05) is 23.2 Å². The molecule has 0 unspecified atom stereocenters. The summed E-state index contributed by atoms with van der Waals surface area (Å²) in [4.78, 5) is 30.2. The lowest BCUT2D eigenvalue weighted by Crippen LogP contribution is -2.41. The number of aromatic amines is 1. The Morgan fingerprint density at radius 1 is 1.12 bits per heavy atom. The standard InChI is InChI=1S/C25H31Cl2N3O4/c1-13-9-19(26)18(25(32)29-13)11-28-24(31)17-10-20(27)23-22(14(17)2)34-21(12-33-23)15-5-7-16(8-6-15)30(3)4/h9-10,15-16,21H,5-8,11-12H2,1-4H3,(H,28,31)(H,29,32)/t15?,16?,21-/m1/s1. The number of hydrogen-bond donors (Lipinski definition) is 2. The number of carbonyl (C=O) groups is 1. The number of fused-ring (bicyclic) bond motifs is 1. The van der Waals surface area contributed by atoms with Gasteiger partial charge in [-0.25, -0.2) is 0 Å². The molecule has 184 valence electrons. The molecule has 1 aliphatic heterocycles. The highest BCUT2D eigenvalue weighted by atomic mass is 35.5. The molecule has 1 fully saturated rings. The summed E-state index contributed by atoms with van der Waals surface area (Å²) in [5, 5.41) is 3.41. The first kappa shape index (κ1) is 24.9. The summed E-state index contributed by atoms with van der Waals surface area (Å²) in [6.45, 7) is 4.02. The lowest BCUT2D eigenvalue weighted by molar-refractivity contribution is 0.0239. The molecule has 1 amide bonds. The van der Waals surface area contributed by atoms with E-state index in [0.29, 0.717) is 62.5 Å². The molecule has 7 nitrogen and oxygen atoms in total. The number of aryl methyl sites for hydroxylation is 1. The van der Waals surface area contributed by atoms with Gasteiger partial charge in [0.1, 0.15) is 12.7 Å². The Morgan fingerprint density at radius 3 is 2.47 bits per heavy atom. The highest BCUT2D eigenvalue weighted by Gasteiger charge is 2.35. The number of ether oxygens (including phenoxy) is 2. The SMILES string of the molecule is Cc1cc(Cl)c(CNC(=O)c2cc(Cl)c3c(c2C)O[C@@H](C2CCC(N(C)C)CC2)CO3)c(=O)[nH]1. The van der Waals surface area contributed by atoms with Crippen LogP contribution in [-0.2, 0) is 6.54 Å². The Balaban J connectivity index is 1.50. The van der Waals surface area contributed by atoms with Crippen molar-refractivity contribution >= 4 is 29.1 Å². The Hall–Kier alpha value is -2.22. The van der Waals surface area contributed by atoms with Crippen LogP contribution in [0.4, 0.5) is 0 Å². The number of H-pyrrole nitrogens is 1. The third-order valence-electron chi connectivity index (χ3n) is 6.98. The van der Waals surface area contributed by atoms with Crippen molar-refractivity contribution in [3.63, 3.8) is 0 Å². The second-order valence-electron chi connectivity index (χ2n) is 9.48. The number of halogens is 2. The van der Waals surface area contributed by atoms with Crippen molar-refractivity contribution in [2.45, 2.75) is 58.2 Å². The van der Waals surface area contributed by atoms with Crippen LogP contribution in [0.5, 0.6) is 11.5 Å². The third kappa shape index (κ3) is 5.07. The molecule has 0 spiro atoms. The predicted molar refractivity (Wildman–Crippen MR) is 134 cm³/mol. The van der Waals surface area contributed by atoms with Crippen molar-refractivity contribution in [2.24, 2.45) is 5.92 Å². The van der Waals surface area contributed by atoms with Crippen molar-refractivity contribution in [1.29, 1.82) is 0 Å². The second kappa shape index (κ2) is 10.2. The smallest absolute Gasteiger partial charge is 0.254 e. The van der Waals surface area contributed by atoms with E-state index >= 15 is 0 Å². The molecule has 2 aliphatic rings. The molecule has 2 heterocycles. The predicted octanol–water partition coefficient (Wildman–Crippen LogP) is 4.49. The van der Waals surface area contributed by atoms with Gasteiger partial charge in [-0.05, 0) is 71.7 Å². The summed E-state index contributed by atoms with van der Waals surface area (Å²) in [5.41, 5.74) is 1.67. The number of nitrogens with one attached hydrogen (secondary N) is 2. The molecule has 0 radical (unpaired) electrons. The first-order valence-corrected chi connectivity index (χ1v) is 12.4. The molecular weight excluding hydrogens is 477 g/mol. The zero-order valence-corrected chi connectivity index (χ0v) is 21.5. The van der Waals surface area contributed by atoms with E-state index < -0.39 is 0 Å². The number of nitrogens with zero attached hydrogens (tertiary/aromatic N) is 1. The first-order chi connectivity index (χ1) is 16.2. The van der Waals surface area contributed by atoms with E-state index in [4.69, 9.17) is 32.7 Å². The van der Waals surface area contributed by atoms with Crippen molar-refractivity contribution in [2.75, 3.05) is 20.7 Å². The molecule has 0 bridgehead atoms. The number of carbonyl (C=O) groups excluding carboxylic acids is 1. The monoisotopic (exact) mass is 507 g/mol. The summed E-state index contributed by atoms with van der Waals surface area (Å²) in [7, 11) is 4.25. The van der Waals surface area contributed by atoms with Gasteiger partial charge in [0.25, 0.3) is 11.5 Å². The number of pyridine rings is 1. The molecule has 1 saturated carbocycles. The highest BCUT2D eigenvalue weighted by molar-refractivity contribution is 6.33. The fourth-order valence-corrected chi connectivity index (χ4v) is 5.46. The fraction of sp³-hybridized carbons (Fsp3) is 0.520. The Bertz CT molecular complexity index is 1140. The number of amides is 1. The average Bonchev–Trinajstić information content (AvgIpc) is 2.80. The molecule has 34 heavy (non-hydrogen) atoms. The molecule has 1 atom stereocenters. The van der Waals surface area contributed by atoms with Crippen LogP contribution >= 0.6 is 23.2 Å². The summed E-state index contributed by atoms with van der Waals surface area (Å²) in [6.07, 6.45) is 4.34. The minimum atomic E-state index is -0.365. The summed E-state index contributed by atoms with van der Waals surface area (Å²) >= 11 is 12.7. The van der Waals surface area contributed by atoms with E-state index in [0.717, 1.165) is 25.7 Å². The van der Waals surface area contributed by atoms with Crippen molar-refractivity contribution in [3.8, 4) is 11.5 Å². The second-order valence-corrected chi connectivity index (χ2v) is 10.3. The molecule has 2 aromatic rings. The van der Waals surface area contributed by atoms with E-state index in [-0.39, 0.29) is 24.1 Å². The maximum Gasteiger partial charge on any atom is 0.254 e. The number of rotatable bonds is 5. The lowest BCUT2D eigenvalue weighted by Gasteiger charge is -2.38. The Labute approximate surface area is 209 Å². The molecule has 1 aromatic heterocycles. The number of benzene rings is 1. The zero-order valence-electron chi connectivity index (χ0n) is 20.0. The lowest BCUT2D eigenvalue weighted by atomic mass is 9.82. The van der Waals surface area contributed by atoms with Gasteiger partial charge in [-0.3, -0.25) is 9.59 Å². The summed E-state index contributed by atoms with van der Waals surface area (Å²) < 4.78 is 12.4. The minimum Gasteiger partial charge on any atom is -0.484 e. The van der Waals surface area contributed by atoms with Crippen LogP contribution in [0.15, 0.2) is 16.9 Å². The van der Waals surface area contributed by atoms with Gasteiger partial charge in [0.2, 0.25) is 0 Å². The summed E-state index contributed by atoms with van der Waals surface area (Å²) in [6, 6.07) is 3.84. The minimum absolute atomic E-state index is 0.00345. The van der Waals surface area contributed by atoms with E-state index in [1.54, 1.807) is 19.1 Å². The summed E-state index contributed by atoms with van der Waals surface area (Å²) in [5.74, 6) is 1.03. The Morgan fingerprint density at radius 2 is 1.82 bits per heavy atom. The van der Waals surface area contributed by atoms with Gasteiger partial charge in [0.05, 0.1) is 22.2 Å². The number of aromatic nitrogens is 1. The van der Waals surface area contributed by atoms with Crippen LogP contribution < -0.4 is 20.3 Å². The topological polar surface area (TPSA) is 83.7 Å². The molecule has 1 aromatic carbocycles. The molecule has 1 aliphatic carbocycles. The zero-order chi connectivity index (χ0) is 24.6. The maximum absolute atomic E-state index is 13.0. The van der Waals surface area contributed by atoms with Crippen LogP contribution in [0.25, 0.3) is 0 Å². The van der Waals surface area contributed by atoms with Gasteiger partial charge < -0.3 is 24.7 Å². The highest BCUT2D eigenvalue weighted by Crippen LogP contribution is 2.45. The maximum atomic E-state index is 13.0. The van der Waals surface area contributed by atoms with Crippen molar-refractivity contribution in [1.82, 2.24) is 15.2 Å². The normalized spacial score (nSPS) is 22.0. The van der Waals surface area contributed by atoms with E-state index in [2.05, 4.69) is 29.3 Å².